The fourth-order valence-electron chi connectivity index (χ4n) is 3.78. The molecule has 0 saturated carbocycles. The zero-order chi connectivity index (χ0) is 17.4. The van der Waals surface area contributed by atoms with Gasteiger partial charge in [-0.3, -0.25) is 5.32 Å². The third-order valence-corrected chi connectivity index (χ3v) is 5.02. The second-order valence-corrected chi connectivity index (χ2v) is 6.44. The second-order valence-electron chi connectivity index (χ2n) is 6.44. The number of carboxylic acid groups (broad SMARTS) is 1. The molecule has 128 valence electrons. The molecule has 1 unspecified atom stereocenters. The quantitative estimate of drug-likeness (QED) is 0.685. The molecule has 0 bridgehead atoms. The Morgan fingerprint density at radius 1 is 1.24 bits per heavy atom. The van der Waals surface area contributed by atoms with E-state index in [1.807, 2.05) is 48.5 Å². The molecule has 0 fully saturated rings. The summed E-state index contributed by atoms with van der Waals surface area (Å²) >= 11 is 0. The van der Waals surface area contributed by atoms with Crippen molar-refractivity contribution in [2.45, 2.75) is 18.4 Å². The number of aromatic amines is 1. The Kier molecular flexibility index (Phi) is 3.73. The van der Waals surface area contributed by atoms with Crippen molar-refractivity contribution in [3.05, 3.63) is 65.4 Å². The Bertz CT molecular complexity index is 933. The number of H-pyrrole nitrogens is 1. The number of hydrogen-bond donors (Lipinski definition) is 3. The van der Waals surface area contributed by atoms with E-state index in [0.29, 0.717) is 13.0 Å². The molecule has 2 heterocycles. The van der Waals surface area contributed by atoms with E-state index in [1.54, 1.807) is 7.11 Å². The third-order valence-electron chi connectivity index (χ3n) is 5.02. The van der Waals surface area contributed by atoms with E-state index >= 15 is 0 Å². The van der Waals surface area contributed by atoms with Gasteiger partial charge in [0.15, 0.2) is 5.54 Å². The number of nitrogens with one attached hydrogen (secondary N) is 2. The number of aliphatic carboxylic acids is 1. The van der Waals surface area contributed by atoms with E-state index in [0.717, 1.165) is 39.9 Å². The topological polar surface area (TPSA) is 74.3 Å². The van der Waals surface area contributed by atoms with Crippen molar-refractivity contribution in [2.24, 2.45) is 0 Å². The number of carboxylic acids is 1. The summed E-state index contributed by atoms with van der Waals surface area (Å²) in [4.78, 5) is 15.7. The normalized spacial score (nSPS) is 19.6. The first-order chi connectivity index (χ1) is 12.1. The minimum Gasteiger partial charge on any atom is -0.497 e. The lowest BCUT2D eigenvalue weighted by Gasteiger charge is -2.35. The van der Waals surface area contributed by atoms with Crippen LogP contribution in [0.25, 0.3) is 10.9 Å². The summed E-state index contributed by atoms with van der Waals surface area (Å²) in [5.41, 5.74) is 2.58. The number of aromatic nitrogens is 1. The predicted octanol–water partition coefficient (Wildman–Crippen LogP) is 2.84. The van der Waals surface area contributed by atoms with E-state index in [-0.39, 0.29) is 0 Å². The van der Waals surface area contributed by atoms with Gasteiger partial charge in [-0.15, -0.1) is 0 Å². The number of rotatable bonds is 4. The van der Waals surface area contributed by atoms with Gasteiger partial charge < -0.3 is 14.8 Å². The number of benzene rings is 2. The van der Waals surface area contributed by atoms with Crippen molar-refractivity contribution < 1.29 is 14.6 Å². The maximum absolute atomic E-state index is 12.3. The standard InChI is InChI=1S/C20H20N2O3/c1-25-14-7-8-17-16(11-14)15-9-10-21-20(19(23)24,18(15)22-17)12-13-5-3-2-4-6-13/h2-8,11,21-22H,9-10,12H2,1H3,(H,23,24). The van der Waals surface area contributed by atoms with E-state index in [1.165, 1.54) is 0 Å². The molecule has 3 aromatic rings. The summed E-state index contributed by atoms with van der Waals surface area (Å²) in [6, 6.07) is 15.5. The predicted molar refractivity (Wildman–Crippen MR) is 96.0 cm³/mol. The Morgan fingerprint density at radius 3 is 2.76 bits per heavy atom. The van der Waals surface area contributed by atoms with E-state index in [2.05, 4.69) is 10.3 Å². The van der Waals surface area contributed by atoms with Crippen LogP contribution >= 0.6 is 0 Å². The highest BCUT2D eigenvalue weighted by Gasteiger charge is 2.45. The molecule has 0 spiro atoms. The van der Waals surface area contributed by atoms with Crippen LogP contribution in [0.1, 0.15) is 16.8 Å². The Hall–Kier alpha value is -2.79. The molecular formula is C20H20N2O3. The molecule has 25 heavy (non-hydrogen) atoms. The Morgan fingerprint density at radius 2 is 2.04 bits per heavy atom. The monoisotopic (exact) mass is 336 g/mol. The summed E-state index contributed by atoms with van der Waals surface area (Å²) in [7, 11) is 1.64. The van der Waals surface area contributed by atoms with Crippen molar-refractivity contribution in [2.75, 3.05) is 13.7 Å². The highest BCUT2D eigenvalue weighted by molar-refractivity contribution is 5.91. The first-order valence-corrected chi connectivity index (χ1v) is 8.35. The van der Waals surface area contributed by atoms with Gasteiger partial charge in [0.05, 0.1) is 12.8 Å². The number of ether oxygens (including phenoxy) is 1. The minimum atomic E-state index is -1.15. The highest BCUT2D eigenvalue weighted by Crippen LogP contribution is 2.37. The van der Waals surface area contributed by atoms with Crippen LogP contribution < -0.4 is 10.1 Å². The average molecular weight is 336 g/mol. The van der Waals surface area contributed by atoms with E-state index in [9.17, 15) is 9.90 Å². The van der Waals surface area contributed by atoms with Crippen molar-refractivity contribution in [1.82, 2.24) is 10.3 Å². The van der Waals surface area contributed by atoms with Gasteiger partial charge in [0.2, 0.25) is 0 Å². The molecule has 3 N–H and O–H groups in total. The number of fused-ring (bicyclic) bond motifs is 3. The molecule has 0 saturated heterocycles. The molecule has 2 aromatic carbocycles. The minimum absolute atomic E-state index is 0.389. The van der Waals surface area contributed by atoms with Gasteiger partial charge in [-0.25, -0.2) is 4.79 Å². The lowest BCUT2D eigenvalue weighted by Crippen LogP contribution is -2.54. The summed E-state index contributed by atoms with van der Waals surface area (Å²) < 4.78 is 5.33. The molecule has 1 aromatic heterocycles. The first kappa shape index (κ1) is 15.7. The van der Waals surface area contributed by atoms with Gasteiger partial charge in [-0.1, -0.05) is 30.3 Å². The Balaban J connectivity index is 1.89. The molecule has 0 aliphatic carbocycles. The van der Waals surface area contributed by atoms with Gasteiger partial charge >= 0.3 is 5.97 Å². The highest BCUT2D eigenvalue weighted by atomic mass is 16.5. The van der Waals surface area contributed by atoms with Gasteiger partial charge in [-0.05, 0) is 35.7 Å². The molecule has 1 atom stereocenters. The molecule has 5 nitrogen and oxygen atoms in total. The lowest BCUT2D eigenvalue weighted by molar-refractivity contribution is -0.145. The summed E-state index contributed by atoms with van der Waals surface area (Å²) in [5, 5.41) is 14.4. The van der Waals surface area contributed by atoms with Crippen molar-refractivity contribution in [3.8, 4) is 5.75 Å². The summed E-state index contributed by atoms with van der Waals surface area (Å²) in [6.45, 7) is 0.621. The molecule has 1 aliphatic heterocycles. The zero-order valence-electron chi connectivity index (χ0n) is 14.0. The van der Waals surface area contributed by atoms with Gasteiger partial charge in [-0.2, -0.15) is 0 Å². The molecular weight excluding hydrogens is 316 g/mol. The van der Waals surface area contributed by atoms with Crippen LogP contribution in [0.2, 0.25) is 0 Å². The van der Waals surface area contributed by atoms with Gasteiger partial charge in [0.1, 0.15) is 5.75 Å². The zero-order valence-corrected chi connectivity index (χ0v) is 14.0. The van der Waals surface area contributed by atoms with Gasteiger partial charge in [0.25, 0.3) is 0 Å². The van der Waals surface area contributed by atoms with E-state index in [4.69, 9.17) is 4.74 Å². The number of hydrogen-bond acceptors (Lipinski definition) is 3. The number of carbonyl (C=O) groups is 1. The maximum atomic E-state index is 12.3. The van der Waals surface area contributed by atoms with Crippen LogP contribution in [0.4, 0.5) is 0 Å². The van der Waals surface area contributed by atoms with Crippen molar-refractivity contribution in [3.63, 3.8) is 0 Å². The fraction of sp³-hybridized carbons (Fsp3) is 0.250. The number of methoxy groups -OCH3 is 1. The van der Waals surface area contributed by atoms with Crippen LogP contribution in [-0.2, 0) is 23.2 Å². The third kappa shape index (κ3) is 2.48. The smallest absolute Gasteiger partial charge is 0.330 e. The molecule has 0 radical (unpaired) electrons. The van der Waals surface area contributed by atoms with Crippen LogP contribution in [0.5, 0.6) is 5.75 Å². The van der Waals surface area contributed by atoms with Crippen molar-refractivity contribution >= 4 is 16.9 Å². The summed E-state index contributed by atoms with van der Waals surface area (Å²) in [6.07, 6.45) is 1.17. The molecule has 5 heteroatoms. The van der Waals surface area contributed by atoms with E-state index < -0.39 is 11.5 Å². The lowest BCUT2D eigenvalue weighted by atomic mass is 9.82. The Labute approximate surface area is 145 Å². The molecule has 4 rings (SSSR count). The molecule has 1 aliphatic rings. The SMILES string of the molecule is COc1ccc2[nH]c3c(c2c1)CCNC3(Cc1ccccc1)C(=O)O. The fourth-order valence-corrected chi connectivity index (χ4v) is 3.78. The van der Waals surface area contributed by atoms with Crippen LogP contribution in [0, 0.1) is 0 Å². The second kappa shape index (κ2) is 5.93. The average Bonchev–Trinajstić information content (AvgIpc) is 3.01. The summed E-state index contributed by atoms with van der Waals surface area (Å²) in [5.74, 6) is -0.0901. The molecule has 0 amide bonds. The van der Waals surface area contributed by atoms with Crippen LogP contribution in [0.15, 0.2) is 48.5 Å². The largest absolute Gasteiger partial charge is 0.497 e. The maximum Gasteiger partial charge on any atom is 0.330 e. The van der Waals surface area contributed by atoms with Crippen molar-refractivity contribution in [1.29, 1.82) is 0 Å². The van der Waals surface area contributed by atoms with Crippen LogP contribution in [-0.4, -0.2) is 29.7 Å². The first-order valence-electron chi connectivity index (χ1n) is 8.35. The van der Waals surface area contributed by atoms with Crippen LogP contribution in [0.3, 0.4) is 0 Å². The van der Waals surface area contributed by atoms with Gasteiger partial charge in [0, 0.05) is 23.9 Å².